The monoisotopic (exact) mass is 280 g/mol. The lowest BCUT2D eigenvalue weighted by molar-refractivity contribution is 0.0342. The highest BCUT2D eigenvalue weighted by Crippen LogP contribution is 2.20. The van der Waals surface area contributed by atoms with Crippen molar-refractivity contribution >= 4 is 5.91 Å². The van der Waals surface area contributed by atoms with Crippen molar-refractivity contribution in [3.63, 3.8) is 0 Å². The van der Waals surface area contributed by atoms with E-state index in [0.717, 1.165) is 32.8 Å². The Morgan fingerprint density at radius 2 is 1.90 bits per heavy atom. The lowest BCUT2D eigenvalue weighted by atomic mass is 10.1. The predicted octanol–water partition coefficient (Wildman–Crippen LogP) is 0.548. The maximum atomic E-state index is 12.0. The Labute approximate surface area is 118 Å². The maximum Gasteiger partial charge on any atom is 0.251 e. The minimum atomic E-state index is -0.308. The highest BCUT2D eigenvalue weighted by Gasteiger charge is 2.16. The third kappa shape index (κ3) is 4.11. The molecule has 1 aliphatic rings. The van der Waals surface area contributed by atoms with E-state index in [1.54, 1.807) is 0 Å². The van der Waals surface area contributed by atoms with Crippen molar-refractivity contribution in [2.24, 2.45) is 0 Å². The molecule has 0 spiro atoms. The zero-order valence-corrected chi connectivity index (χ0v) is 11.5. The van der Waals surface area contributed by atoms with E-state index < -0.39 is 0 Å². The molecule has 1 saturated heterocycles. The quantitative estimate of drug-likeness (QED) is 0.750. The summed E-state index contributed by atoms with van der Waals surface area (Å²) in [6.07, 6.45) is 0. The van der Waals surface area contributed by atoms with E-state index in [9.17, 15) is 15.0 Å². The molecular formula is C14H20N2O4. The lowest BCUT2D eigenvalue weighted by Gasteiger charge is -2.29. The zero-order valence-electron chi connectivity index (χ0n) is 11.5. The van der Waals surface area contributed by atoms with Gasteiger partial charge in [0.25, 0.3) is 5.91 Å². The summed E-state index contributed by atoms with van der Waals surface area (Å²) in [6.45, 7) is 5.86. The summed E-state index contributed by atoms with van der Waals surface area (Å²) in [5.41, 5.74) is 0.247. The number of nitrogens with zero attached hydrogens (tertiary/aromatic N) is 1. The molecule has 1 amide bonds. The van der Waals surface area contributed by atoms with E-state index in [1.807, 2.05) is 6.92 Å². The second kappa shape index (κ2) is 6.58. The van der Waals surface area contributed by atoms with Gasteiger partial charge in [-0.1, -0.05) is 0 Å². The number of nitrogens with one attached hydrogen (secondary N) is 1. The number of hydrogen-bond donors (Lipinski definition) is 3. The summed E-state index contributed by atoms with van der Waals surface area (Å²) in [6, 6.07) is 3.83. The first-order chi connectivity index (χ1) is 9.54. The van der Waals surface area contributed by atoms with Crippen LogP contribution in [0.4, 0.5) is 0 Å². The molecule has 1 heterocycles. The molecule has 6 nitrogen and oxygen atoms in total. The van der Waals surface area contributed by atoms with Crippen LogP contribution in [0.15, 0.2) is 18.2 Å². The summed E-state index contributed by atoms with van der Waals surface area (Å²) in [4.78, 5) is 14.3. The summed E-state index contributed by atoms with van der Waals surface area (Å²) in [7, 11) is 0. The molecule has 1 aromatic rings. The van der Waals surface area contributed by atoms with Crippen molar-refractivity contribution in [3.8, 4) is 11.5 Å². The van der Waals surface area contributed by atoms with Crippen molar-refractivity contribution in [2.75, 3.05) is 32.8 Å². The molecule has 3 N–H and O–H groups in total. The molecule has 2 rings (SSSR count). The SMILES string of the molecule is CC(CN1CCOCC1)NC(=O)c1cc(O)cc(O)c1. The van der Waals surface area contributed by atoms with Gasteiger partial charge in [-0.2, -0.15) is 0 Å². The number of hydrogen-bond acceptors (Lipinski definition) is 5. The lowest BCUT2D eigenvalue weighted by Crippen LogP contribution is -2.46. The van der Waals surface area contributed by atoms with E-state index in [-0.39, 0.29) is 29.0 Å². The Kier molecular flexibility index (Phi) is 4.81. The van der Waals surface area contributed by atoms with Crippen LogP contribution in [-0.4, -0.2) is 59.9 Å². The Balaban J connectivity index is 1.89. The average molecular weight is 280 g/mol. The number of ether oxygens (including phenoxy) is 1. The van der Waals surface area contributed by atoms with Crippen LogP contribution in [0.2, 0.25) is 0 Å². The van der Waals surface area contributed by atoms with Crippen LogP contribution in [-0.2, 0) is 4.74 Å². The van der Waals surface area contributed by atoms with Gasteiger partial charge in [0.05, 0.1) is 13.2 Å². The van der Waals surface area contributed by atoms with Crippen molar-refractivity contribution in [1.82, 2.24) is 10.2 Å². The Morgan fingerprint density at radius 1 is 1.30 bits per heavy atom. The number of phenols is 2. The van der Waals surface area contributed by atoms with Crippen LogP contribution in [0.5, 0.6) is 11.5 Å². The van der Waals surface area contributed by atoms with Gasteiger partial charge in [0, 0.05) is 37.3 Å². The van der Waals surface area contributed by atoms with Gasteiger partial charge < -0.3 is 20.3 Å². The van der Waals surface area contributed by atoms with Crippen molar-refractivity contribution in [1.29, 1.82) is 0 Å². The third-order valence-corrected chi connectivity index (χ3v) is 3.18. The number of carbonyl (C=O) groups is 1. The van der Waals surface area contributed by atoms with E-state index in [0.29, 0.717) is 0 Å². The second-order valence-electron chi connectivity index (χ2n) is 5.03. The fourth-order valence-corrected chi connectivity index (χ4v) is 2.25. The van der Waals surface area contributed by atoms with Crippen molar-refractivity contribution in [2.45, 2.75) is 13.0 Å². The molecule has 1 aliphatic heterocycles. The number of aromatic hydroxyl groups is 2. The number of carbonyl (C=O) groups excluding carboxylic acids is 1. The standard InChI is InChI=1S/C14H20N2O4/c1-10(9-16-2-4-20-5-3-16)15-14(19)11-6-12(17)8-13(18)7-11/h6-8,10,17-18H,2-5,9H2,1H3,(H,15,19). The molecule has 0 aliphatic carbocycles. The van der Waals surface area contributed by atoms with Crippen LogP contribution in [0.3, 0.4) is 0 Å². The number of rotatable bonds is 4. The average Bonchev–Trinajstić information content (AvgIpc) is 2.38. The molecule has 0 bridgehead atoms. The van der Waals surface area contributed by atoms with Gasteiger partial charge >= 0.3 is 0 Å². The molecule has 6 heteroatoms. The van der Waals surface area contributed by atoms with E-state index in [1.165, 1.54) is 18.2 Å². The highest BCUT2D eigenvalue weighted by molar-refractivity contribution is 5.95. The van der Waals surface area contributed by atoms with Gasteiger partial charge in [-0.3, -0.25) is 9.69 Å². The Hall–Kier alpha value is -1.79. The molecule has 20 heavy (non-hydrogen) atoms. The van der Waals surface area contributed by atoms with E-state index in [4.69, 9.17) is 4.74 Å². The van der Waals surface area contributed by atoms with Crippen molar-refractivity contribution in [3.05, 3.63) is 23.8 Å². The molecule has 0 radical (unpaired) electrons. The smallest absolute Gasteiger partial charge is 0.251 e. The molecule has 110 valence electrons. The number of amides is 1. The molecule has 1 fully saturated rings. The molecule has 1 unspecified atom stereocenters. The predicted molar refractivity (Wildman–Crippen MR) is 74.0 cm³/mol. The van der Waals surface area contributed by atoms with Crippen LogP contribution in [0, 0.1) is 0 Å². The van der Waals surface area contributed by atoms with Crippen molar-refractivity contribution < 1.29 is 19.7 Å². The van der Waals surface area contributed by atoms with Gasteiger partial charge in [-0.25, -0.2) is 0 Å². The first-order valence-electron chi connectivity index (χ1n) is 6.68. The van der Waals surface area contributed by atoms with Crippen LogP contribution < -0.4 is 5.32 Å². The first-order valence-corrected chi connectivity index (χ1v) is 6.68. The topological polar surface area (TPSA) is 82.0 Å². The third-order valence-electron chi connectivity index (χ3n) is 3.18. The van der Waals surface area contributed by atoms with Gasteiger partial charge in [0.1, 0.15) is 11.5 Å². The van der Waals surface area contributed by atoms with Crippen LogP contribution in [0.1, 0.15) is 17.3 Å². The Morgan fingerprint density at radius 3 is 2.50 bits per heavy atom. The van der Waals surface area contributed by atoms with Gasteiger partial charge in [-0.15, -0.1) is 0 Å². The number of benzene rings is 1. The van der Waals surface area contributed by atoms with E-state index in [2.05, 4.69) is 10.2 Å². The summed E-state index contributed by atoms with van der Waals surface area (Å²) in [5.74, 6) is -0.566. The second-order valence-corrected chi connectivity index (χ2v) is 5.03. The summed E-state index contributed by atoms with van der Waals surface area (Å²) >= 11 is 0. The van der Waals surface area contributed by atoms with Gasteiger partial charge in [0.15, 0.2) is 0 Å². The largest absolute Gasteiger partial charge is 0.508 e. The molecule has 1 atom stereocenters. The maximum absolute atomic E-state index is 12.0. The Bertz CT molecular complexity index is 452. The van der Waals surface area contributed by atoms with E-state index >= 15 is 0 Å². The zero-order chi connectivity index (χ0) is 14.5. The molecule has 0 aromatic heterocycles. The first kappa shape index (κ1) is 14.6. The minimum absolute atomic E-state index is 0.0231. The molecule has 0 saturated carbocycles. The van der Waals surface area contributed by atoms with Crippen LogP contribution >= 0.6 is 0 Å². The minimum Gasteiger partial charge on any atom is -0.508 e. The van der Waals surface area contributed by atoms with Crippen LogP contribution in [0.25, 0.3) is 0 Å². The molecular weight excluding hydrogens is 260 g/mol. The van der Waals surface area contributed by atoms with Gasteiger partial charge in [-0.05, 0) is 19.1 Å². The normalized spacial score (nSPS) is 17.6. The highest BCUT2D eigenvalue weighted by atomic mass is 16.5. The number of morpholine rings is 1. The fourth-order valence-electron chi connectivity index (χ4n) is 2.25. The fraction of sp³-hybridized carbons (Fsp3) is 0.500. The summed E-state index contributed by atoms with van der Waals surface area (Å²) in [5, 5.41) is 21.6. The van der Waals surface area contributed by atoms with Gasteiger partial charge in [0.2, 0.25) is 0 Å². The summed E-state index contributed by atoms with van der Waals surface area (Å²) < 4.78 is 5.27. The number of phenolic OH excluding ortho intramolecular Hbond substituents is 2. The molecule has 1 aromatic carbocycles.